The fourth-order valence-electron chi connectivity index (χ4n) is 17.4. The Morgan fingerprint density at radius 3 is 1.63 bits per heavy atom. The standard InChI is InChI=1S/C59H100O27/c1-24(2)10-9-14-59(8,86-53-48(76)43(71)40(68)31(83-53)23-79-51-46(74)42(70)39(67)30(82-51)22-78-50-45(73)36(64)27(63)21-77-50)25-11-16-58(7)35(25)26(62)18-33-56(5)15-13-34(55(3,4)32(56)12-17-57(33,58)6)84-54-49(44(72)38(66)29(20-61)81-54)85-52-47(75)41(69)37(65)28(19-60)80-52/h10,25-54,60-76H,9,11-23H2,1-8H3/t25-,26-,27-,28+,29-,30-,31-,32+,33+,34+,35-,36+,37+,38-,39+,40+,41-,42-,43-,44-,45-,46+,47-,48+,49+,50+,51-,52-,53-,54+,56-,57+,58-,59+/m1/s1. The molecule has 0 aromatic rings. The molecule has 0 amide bonds. The molecule has 5 heterocycles. The molecular weight excluding hydrogens is 1140 g/mol. The molecule has 34 atom stereocenters. The Morgan fingerprint density at radius 1 is 0.512 bits per heavy atom. The molecule has 0 bridgehead atoms. The third kappa shape index (κ3) is 12.4. The summed E-state index contributed by atoms with van der Waals surface area (Å²) >= 11 is 0. The molecule has 4 saturated carbocycles. The molecule has 0 spiro atoms. The molecule has 498 valence electrons. The number of rotatable bonds is 18. The fraction of sp³-hybridized carbons (Fsp3) is 0.966. The third-order valence-electron chi connectivity index (χ3n) is 22.6. The van der Waals surface area contributed by atoms with Crippen molar-refractivity contribution in [1.29, 1.82) is 0 Å². The summed E-state index contributed by atoms with van der Waals surface area (Å²) in [5.74, 6) is -0.613. The first-order valence-electron chi connectivity index (χ1n) is 30.8. The van der Waals surface area contributed by atoms with Crippen LogP contribution in [0.5, 0.6) is 0 Å². The van der Waals surface area contributed by atoms with Crippen LogP contribution in [0, 0.1) is 45.3 Å². The zero-order valence-corrected chi connectivity index (χ0v) is 50.5. The fourth-order valence-corrected chi connectivity index (χ4v) is 17.4. The lowest BCUT2D eigenvalue weighted by Crippen LogP contribution is -2.68. The highest BCUT2D eigenvalue weighted by molar-refractivity contribution is 5.21. The summed E-state index contributed by atoms with van der Waals surface area (Å²) in [6.45, 7) is 14.1. The molecule has 17 N–H and O–H groups in total. The van der Waals surface area contributed by atoms with Crippen molar-refractivity contribution >= 4 is 0 Å². The van der Waals surface area contributed by atoms with Gasteiger partial charge in [0, 0.05) is 0 Å². The Balaban J connectivity index is 0.902. The molecule has 0 radical (unpaired) electrons. The van der Waals surface area contributed by atoms with E-state index in [4.69, 9.17) is 47.4 Å². The van der Waals surface area contributed by atoms with Crippen molar-refractivity contribution in [3.8, 4) is 0 Å². The molecule has 0 aromatic heterocycles. The third-order valence-corrected chi connectivity index (χ3v) is 22.6. The van der Waals surface area contributed by atoms with Gasteiger partial charge in [0.15, 0.2) is 31.5 Å². The summed E-state index contributed by atoms with van der Waals surface area (Å²) in [4.78, 5) is 0. The Hall–Kier alpha value is -1.34. The lowest BCUT2D eigenvalue weighted by atomic mass is 9.35. The minimum Gasteiger partial charge on any atom is -0.394 e. The molecule has 4 aliphatic carbocycles. The predicted molar refractivity (Wildman–Crippen MR) is 293 cm³/mol. The Morgan fingerprint density at radius 2 is 1.02 bits per heavy atom. The van der Waals surface area contributed by atoms with E-state index in [0.29, 0.717) is 38.5 Å². The summed E-state index contributed by atoms with van der Waals surface area (Å²) in [6.07, 6.45) is -32.7. The van der Waals surface area contributed by atoms with Gasteiger partial charge in [0.1, 0.15) is 116 Å². The SMILES string of the molecule is CC(C)=CCC[C@](C)(O[C@H]1O[C@H](CO[C@@H]2O[C@H](CO[C@@H]3OC[C@@H](O)[C@H](O)[C@H]3O)[C@H](O)[C@@H](O)[C@@H]2O)[C@H](O)[C@@H](O)[C@@H]1O)[C@@H]1CC[C@]2(C)[C@H]1[C@H](O)C[C@H]1[C@]3(C)CC[C@H](O[C@@H]4O[C@H](CO)[C@@H](O)[C@@H](O)[C@@H]4O[C@H]4O[C@@H](CO)[C@H](O)[C@@H](O)[C@H]4O)C(C)(C)[C@@H]3CC[C@@]12C. The first-order valence-corrected chi connectivity index (χ1v) is 30.8. The van der Waals surface area contributed by atoms with Crippen molar-refractivity contribution in [3.05, 3.63) is 11.6 Å². The molecule has 5 aliphatic heterocycles. The number of aliphatic hydroxyl groups excluding tert-OH is 17. The number of hydrogen-bond acceptors (Lipinski definition) is 27. The second-order valence-electron chi connectivity index (χ2n) is 28.1. The predicted octanol–water partition coefficient (Wildman–Crippen LogP) is -3.74. The van der Waals surface area contributed by atoms with Crippen LogP contribution < -0.4 is 0 Å². The number of ether oxygens (including phenoxy) is 10. The highest BCUT2D eigenvalue weighted by atomic mass is 16.8. The molecule has 0 unspecified atom stereocenters. The van der Waals surface area contributed by atoms with Crippen LogP contribution >= 0.6 is 0 Å². The largest absolute Gasteiger partial charge is 0.394 e. The van der Waals surface area contributed by atoms with Crippen molar-refractivity contribution in [1.82, 2.24) is 0 Å². The minimum absolute atomic E-state index is 0.00770. The monoisotopic (exact) mass is 1240 g/mol. The topological polar surface area (TPSA) is 436 Å². The molecule has 0 aromatic carbocycles. The number of fused-ring (bicyclic) bond motifs is 5. The molecule has 9 rings (SSSR count). The Bertz CT molecular complexity index is 2260. The first-order chi connectivity index (χ1) is 40.3. The maximum Gasteiger partial charge on any atom is 0.187 e. The van der Waals surface area contributed by atoms with Gasteiger partial charge in [0.2, 0.25) is 0 Å². The Labute approximate surface area is 501 Å². The van der Waals surface area contributed by atoms with Crippen LogP contribution in [0.15, 0.2) is 11.6 Å². The summed E-state index contributed by atoms with van der Waals surface area (Å²) in [7, 11) is 0. The average Bonchev–Trinajstić information content (AvgIpc) is 1.22. The van der Waals surface area contributed by atoms with Gasteiger partial charge < -0.3 is 134 Å². The highest BCUT2D eigenvalue weighted by Crippen LogP contribution is 2.76. The van der Waals surface area contributed by atoms with E-state index in [-0.39, 0.29) is 41.1 Å². The van der Waals surface area contributed by atoms with E-state index in [1.165, 1.54) is 0 Å². The zero-order valence-electron chi connectivity index (χ0n) is 50.5. The maximum atomic E-state index is 12.9. The molecule has 5 saturated heterocycles. The van der Waals surface area contributed by atoms with E-state index < -0.39 is 202 Å². The molecule has 86 heavy (non-hydrogen) atoms. The van der Waals surface area contributed by atoms with E-state index in [0.717, 1.165) is 24.8 Å². The smallest absolute Gasteiger partial charge is 0.187 e. The lowest BCUT2D eigenvalue weighted by Gasteiger charge is -2.71. The van der Waals surface area contributed by atoms with Crippen molar-refractivity contribution < 1.29 is 134 Å². The van der Waals surface area contributed by atoms with Crippen LogP contribution in [0.2, 0.25) is 0 Å². The van der Waals surface area contributed by atoms with Crippen LogP contribution in [-0.4, -0.2) is 285 Å². The molecule has 27 nitrogen and oxygen atoms in total. The summed E-state index contributed by atoms with van der Waals surface area (Å²) in [6, 6.07) is 0. The van der Waals surface area contributed by atoms with E-state index in [1.807, 2.05) is 20.8 Å². The van der Waals surface area contributed by atoms with E-state index in [2.05, 4.69) is 40.7 Å². The van der Waals surface area contributed by atoms with Crippen LogP contribution in [0.25, 0.3) is 0 Å². The summed E-state index contributed by atoms with van der Waals surface area (Å²) in [5.41, 5.74) is -1.79. The van der Waals surface area contributed by atoms with E-state index >= 15 is 0 Å². The molecule has 9 fully saturated rings. The van der Waals surface area contributed by atoms with Gasteiger partial charge in [0.25, 0.3) is 0 Å². The van der Waals surface area contributed by atoms with Gasteiger partial charge in [-0.1, -0.05) is 46.3 Å². The van der Waals surface area contributed by atoms with Crippen LogP contribution in [0.1, 0.15) is 113 Å². The van der Waals surface area contributed by atoms with Crippen molar-refractivity contribution in [2.75, 3.05) is 33.0 Å². The van der Waals surface area contributed by atoms with Gasteiger partial charge in [-0.15, -0.1) is 0 Å². The Kier molecular flexibility index (Phi) is 21.3. The van der Waals surface area contributed by atoms with Crippen molar-refractivity contribution in [3.63, 3.8) is 0 Å². The number of aliphatic hydroxyl groups is 17. The quantitative estimate of drug-likeness (QED) is 0.0463. The normalized spacial score (nSPS) is 52.9. The number of hydrogen-bond donors (Lipinski definition) is 17. The highest BCUT2D eigenvalue weighted by Gasteiger charge is 2.72. The maximum absolute atomic E-state index is 12.9. The molecule has 27 heteroatoms. The second-order valence-corrected chi connectivity index (χ2v) is 28.1. The zero-order chi connectivity index (χ0) is 63.1. The van der Waals surface area contributed by atoms with Gasteiger partial charge in [0.05, 0.1) is 50.8 Å². The van der Waals surface area contributed by atoms with E-state index in [9.17, 15) is 86.8 Å². The van der Waals surface area contributed by atoms with E-state index in [1.54, 1.807) is 0 Å². The van der Waals surface area contributed by atoms with Crippen molar-refractivity contribution in [2.24, 2.45) is 45.3 Å². The van der Waals surface area contributed by atoms with Gasteiger partial charge in [-0.2, -0.15) is 0 Å². The summed E-state index contributed by atoms with van der Waals surface area (Å²) in [5, 5.41) is 185. The second kappa shape index (κ2) is 26.6. The van der Waals surface area contributed by atoms with Gasteiger partial charge in [-0.05, 0) is 124 Å². The van der Waals surface area contributed by atoms with Crippen LogP contribution in [0.4, 0.5) is 0 Å². The van der Waals surface area contributed by atoms with Crippen molar-refractivity contribution in [2.45, 2.75) is 278 Å². The molecule has 9 aliphatic rings. The first kappa shape index (κ1) is 69.0. The van der Waals surface area contributed by atoms with Gasteiger partial charge in [-0.3, -0.25) is 0 Å². The lowest BCUT2D eigenvalue weighted by molar-refractivity contribution is -0.378. The molecular formula is C59H100O27. The number of allylic oxidation sites excluding steroid dienone is 2. The summed E-state index contributed by atoms with van der Waals surface area (Å²) < 4.78 is 60.3. The van der Waals surface area contributed by atoms with Crippen LogP contribution in [-0.2, 0) is 47.4 Å². The van der Waals surface area contributed by atoms with Gasteiger partial charge >= 0.3 is 0 Å². The average molecular weight is 1240 g/mol. The minimum atomic E-state index is -1.84. The van der Waals surface area contributed by atoms with Gasteiger partial charge in [-0.25, -0.2) is 0 Å². The van der Waals surface area contributed by atoms with Crippen LogP contribution in [0.3, 0.4) is 0 Å².